The number of fused-ring (bicyclic) bond motifs is 2. The molecule has 3 rings (SSSR count). The second-order valence-corrected chi connectivity index (χ2v) is 6.04. The molecule has 0 radical (unpaired) electrons. The normalized spacial score (nSPS) is 18.1. The average Bonchev–Trinajstić information content (AvgIpc) is 2.36. The number of carbonyl (C=O) groups is 1. The molecule has 1 aliphatic carbocycles. The molecule has 3 nitrogen and oxygen atoms in total. The van der Waals surface area contributed by atoms with E-state index in [1.54, 1.807) is 0 Å². The van der Waals surface area contributed by atoms with Crippen molar-refractivity contribution in [3.05, 3.63) is 40.1 Å². The fraction of sp³-hybridized carbons (Fsp3) is 0.412. The van der Waals surface area contributed by atoms with E-state index in [1.807, 2.05) is 26.0 Å². The topological polar surface area (TPSA) is 50.2 Å². The lowest BCUT2D eigenvalue weighted by atomic mass is 9.83. The van der Waals surface area contributed by atoms with Crippen LogP contribution >= 0.6 is 0 Å². The van der Waals surface area contributed by atoms with E-state index in [2.05, 4.69) is 6.92 Å². The Morgan fingerprint density at radius 2 is 2.10 bits per heavy atom. The Labute approximate surface area is 118 Å². The van der Waals surface area contributed by atoms with Crippen molar-refractivity contribution in [2.75, 3.05) is 0 Å². The standard InChI is InChI=1S/C17H19NO2/c1-9-4-5-13-12(7-9)16(17(19)20)15-11(3)6-10(2)8-14(15)18-13/h6,8-9H,4-5,7H2,1-3H3,(H,19,20). The molecule has 1 heterocycles. The van der Waals surface area contributed by atoms with Gasteiger partial charge in [-0.15, -0.1) is 0 Å². The summed E-state index contributed by atoms with van der Waals surface area (Å²) in [6, 6.07) is 4.03. The van der Waals surface area contributed by atoms with Gasteiger partial charge in [-0.05, 0) is 61.8 Å². The highest BCUT2D eigenvalue weighted by atomic mass is 16.4. The first-order chi connectivity index (χ1) is 9.47. The van der Waals surface area contributed by atoms with Crippen LogP contribution < -0.4 is 0 Å². The van der Waals surface area contributed by atoms with E-state index >= 15 is 0 Å². The quantitative estimate of drug-likeness (QED) is 0.859. The second kappa shape index (κ2) is 4.58. The number of hydrogen-bond acceptors (Lipinski definition) is 2. The fourth-order valence-corrected chi connectivity index (χ4v) is 3.36. The molecule has 0 aliphatic heterocycles. The van der Waals surface area contributed by atoms with Gasteiger partial charge in [-0.1, -0.05) is 13.0 Å². The van der Waals surface area contributed by atoms with Gasteiger partial charge in [-0.25, -0.2) is 4.79 Å². The Bertz CT molecular complexity index is 719. The SMILES string of the molecule is Cc1cc(C)c2c(C(=O)O)c3c(nc2c1)CCC(C)C3. The number of aryl methyl sites for hydroxylation is 3. The molecule has 20 heavy (non-hydrogen) atoms. The molecular weight excluding hydrogens is 250 g/mol. The first-order valence-corrected chi connectivity index (χ1v) is 7.13. The van der Waals surface area contributed by atoms with Gasteiger partial charge in [-0.2, -0.15) is 0 Å². The predicted octanol–water partition coefficient (Wildman–Crippen LogP) is 3.67. The summed E-state index contributed by atoms with van der Waals surface area (Å²) in [6.45, 7) is 6.18. The van der Waals surface area contributed by atoms with Crippen LogP contribution in [0.2, 0.25) is 0 Å². The van der Waals surface area contributed by atoms with Gasteiger partial charge in [0.1, 0.15) is 0 Å². The van der Waals surface area contributed by atoms with Crippen LogP contribution in [0.1, 0.15) is 46.1 Å². The van der Waals surface area contributed by atoms with E-state index in [0.29, 0.717) is 11.5 Å². The van der Waals surface area contributed by atoms with Crippen molar-refractivity contribution in [2.45, 2.75) is 40.0 Å². The number of carboxylic acid groups (broad SMARTS) is 1. The number of pyridine rings is 1. The molecule has 1 unspecified atom stereocenters. The summed E-state index contributed by atoms with van der Waals surface area (Å²) in [5.41, 5.74) is 5.38. The maximum atomic E-state index is 11.8. The molecule has 0 saturated heterocycles. The number of hydrogen-bond donors (Lipinski definition) is 1. The Balaban J connectivity index is 2.42. The van der Waals surface area contributed by atoms with Gasteiger partial charge in [0.15, 0.2) is 0 Å². The third kappa shape index (κ3) is 1.98. The lowest BCUT2D eigenvalue weighted by Crippen LogP contribution is -2.18. The zero-order chi connectivity index (χ0) is 14.4. The van der Waals surface area contributed by atoms with Crippen LogP contribution in [-0.2, 0) is 12.8 Å². The second-order valence-electron chi connectivity index (χ2n) is 6.04. The summed E-state index contributed by atoms with van der Waals surface area (Å²) >= 11 is 0. The van der Waals surface area contributed by atoms with Gasteiger partial charge >= 0.3 is 5.97 Å². The molecule has 0 bridgehead atoms. The van der Waals surface area contributed by atoms with Crippen LogP contribution in [0.4, 0.5) is 0 Å². The minimum atomic E-state index is -0.824. The van der Waals surface area contributed by atoms with E-state index < -0.39 is 5.97 Å². The number of aromatic carboxylic acids is 1. The van der Waals surface area contributed by atoms with E-state index in [0.717, 1.165) is 52.5 Å². The highest BCUT2D eigenvalue weighted by Gasteiger charge is 2.25. The Morgan fingerprint density at radius 3 is 2.80 bits per heavy atom. The minimum Gasteiger partial charge on any atom is -0.478 e. The van der Waals surface area contributed by atoms with Gasteiger partial charge in [-0.3, -0.25) is 4.98 Å². The largest absolute Gasteiger partial charge is 0.478 e. The average molecular weight is 269 g/mol. The zero-order valence-electron chi connectivity index (χ0n) is 12.2. The number of carboxylic acids is 1. The van der Waals surface area contributed by atoms with Gasteiger partial charge in [0, 0.05) is 11.1 Å². The van der Waals surface area contributed by atoms with E-state index in [9.17, 15) is 9.90 Å². The molecule has 1 aliphatic rings. The highest BCUT2D eigenvalue weighted by molar-refractivity contribution is 6.05. The van der Waals surface area contributed by atoms with Crippen LogP contribution in [0.3, 0.4) is 0 Å². The van der Waals surface area contributed by atoms with Crippen LogP contribution in [0, 0.1) is 19.8 Å². The molecule has 1 aromatic carbocycles. The van der Waals surface area contributed by atoms with Crippen LogP contribution in [0.25, 0.3) is 10.9 Å². The van der Waals surface area contributed by atoms with Crippen molar-refractivity contribution < 1.29 is 9.90 Å². The molecule has 0 saturated carbocycles. The first kappa shape index (κ1) is 13.1. The van der Waals surface area contributed by atoms with Crippen LogP contribution in [0.5, 0.6) is 0 Å². The molecule has 0 amide bonds. The maximum absolute atomic E-state index is 11.8. The lowest BCUT2D eigenvalue weighted by molar-refractivity contribution is 0.0697. The summed E-state index contributed by atoms with van der Waals surface area (Å²) in [4.78, 5) is 16.6. The molecule has 0 fully saturated rings. The van der Waals surface area contributed by atoms with E-state index in [1.165, 1.54) is 0 Å². The maximum Gasteiger partial charge on any atom is 0.336 e. The van der Waals surface area contributed by atoms with Gasteiger partial charge < -0.3 is 5.11 Å². The molecule has 1 N–H and O–H groups in total. The van der Waals surface area contributed by atoms with Crippen molar-refractivity contribution >= 4 is 16.9 Å². The molecule has 3 heteroatoms. The Kier molecular flexibility index (Phi) is 3.00. The molecule has 1 aromatic heterocycles. The van der Waals surface area contributed by atoms with E-state index in [4.69, 9.17) is 4.98 Å². The van der Waals surface area contributed by atoms with Crippen molar-refractivity contribution in [2.24, 2.45) is 5.92 Å². The van der Waals surface area contributed by atoms with Crippen molar-refractivity contribution in [3.63, 3.8) is 0 Å². The summed E-state index contributed by atoms with van der Waals surface area (Å²) in [5, 5.41) is 10.5. The molecule has 1 atom stereocenters. The monoisotopic (exact) mass is 269 g/mol. The summed E-state index contributed by atoms with van der Waals surface area (Å²) in [5.74, 6) is -0.291. The summed E-state index contributed by atoms with van der Waals surface area (Å²) in [7, 11) is 0. The number of rotatable bonds is 1. The summed E-state index contributed by atoms with van der Waals surface area (Å²) in [6.07, 6.45) is 2.81. The van der Waals surface area contributed by atoms with E-state index in [-0.39, 0.29) is 0 Å². The Morgan fingerprint density at radius 1 is 1.35 bits per heavy atom. The number of aromatic nitrogens is 1. The lowest BCUT2D eigenvalue weighted by Gasteiger charge is -2.24. The number of nitrogens with zero attached hydrogens (tertiary/aromatic N) is 1. The smallest absolute Gasteiger partial charge is 0.336 e. The van der Waals surface area contributed by atoms with Crippen molar-refractivity contribution in [1.29, 1.82) is 0 Å². The van der Waals surface area contributed by atoms with Crippen molar-refractivity contribution in [3.8, 4) is 0 Å². The molecule has 104 valence electrons. The van der Waals surface area contributed by atoms with Gasteiger partial charge in [0.05, 0.1) is 11.1 Å². The Hall–Kier alpha value is -1.90. The fourth-order valence-electron chi connectivity index (χ4n) is 3.36. The predicted molar refractivity (Wildman–Crippen MR) is 79.4 cm³/mol. The van der Waals surface area contributed by atoms with Crippen LogP contribution in [0.15, 0.2) is 12.1 Å². The van der Waals surface area contributed by atoms with Crippen molar-refractivity contribution in [1.82, 2.24) is 4.98 Å². The molecule has 2 aromatic rings. The highest BCUT2D eigenvalue weighted by Crippen LogP contribution is 2.33. The van der Waals surface area contributed by atoms with Gasteiger partial charge in [0.25, 0.3) is 0 Å². The van der Waals surface area contributed by atoms with Gasteiger partial charge in [0.2, 0.25) is 0 Å². The third-order valence-electron chi connectivity index (χ3n) is 4.25. The summed E-state index contributed by atoms with van der Waals surface area (Å²) < 4.78 is 0. The number of benzene rings is 1. The third-order valence-corrected chi connectivity index (χ3v) is 4.25. The zero-order valence-corrected chi connectivity index (χ0v) is 12.2. The minimum absolute atomic E-state index is 0.481. The first-order valence-electron chi connectivity index (χ1n) is 7.13. The molecule has 0 spiro atoms. The van der Waals surface area contributed by atoms with Crippen LogP contribution in [-0.4, -0.2) is 16.1 Å². The molecular formula is C17H19NO2.